The zero-order chi connectivity index (χ0) is 12.1. The summed E-state index contributed by atoms with van der Waals surface area (Å²) < 4.78 is 11.1. The van der Waals surface area contributed by atoms with E-state index in [2.05, 4.69) is 0 Å². The van der Waals surface area contributed by atoms with Crippen molar-refractivity contribution in [3.05, 3.63) is 24.3 Å². The van der Waals surface area contributed by atoms with E-state index in [0.717, 1.165) is 30.8 Å². The zero-order valence-corrected chi connectivity index (χ0v) is 10.1. The van der Waals surface area contributed by atoms with E-state index in [9.17, 15) is 4.79 Å². The van der Waals surface area contributed by atoms with Gasteiger partial charge in [-0.25, -0.2) is 0 Å². The predicted molar refractivity (Wildman–Crippen MR) is 65.5 cm³/mol. The third-order valence-corrected chi connectivity index (χ3v) is 2.89. The van der Waals surface area contributed by atoms with Crippen LogP contribution in [0.5, 0.6) is 11.5 Å². The maximum Gasteiger partial charge on any atom is 0.173 e. The summed E-state index contributed by atoms with van der Waals surface area (Å²) >= 11 is 0. The molecular weight excluding hydrogens is 216 g/mol. The van der Waals surface area contributed by atoms with Crippen molar-refractivity contribution in [2.45, 2.75) is 38.7 Å². The van der Waals surface area contributed by atoms with Crippen LogP contribution in [0.1, 0.15) is 32.6 Å². The van der Waals surface area contributed by atoms with Crippen LogP contribution in [-0.4, -0.2) is 18.5 Å². The van der Waals surface area contributed by atoms with E-state index in [0.29, 0.717) is 13.0 Å². The molecule has 0 radical (unpaired) electrons. The molecule has 1 aliphatic carbocycles. The number of ether oxygens (including phenoxy) is 2. The minimum Gasteiger partial charge on any atom is -0.494 e. The molecule has 1 aromatic rings. The molecule has 1 fully saturated rings. The quantitative estimate of drug-likeness (QED) is 0.803. The van der Waals surface area contributed by atoms with Crippen molar-refractivity contribution < 1.29 is 14.3 Å². The molecule has 0 amide bonds. The highest BCUT2D eigenvalue weighted by atomic mass is 16.5. The molecule has 1 aromatic carbocycles. The topological polar surface area (TPSA) is 35.5 Å². The van der Waals surface area contributed by atoms with Crippen LogP contribution in [0.15, 0.2) is 24.3 Å². The Balaban J connectivity index is 2.01. The van der Waals surface area contributed by atoms with Crippen molar-refractivity contribution in [1.29, 1.82) is 0 Å². The van der Waals surface area contributed by atoms with Gasteiger partial charge in [0.05, 0.1) is 6.61 Å². The van der Waals surface area contributed by atoms with E-state index < -0.39 is 0 Å². The minimum absolute atomic E-state index is 0.220. The van der Waals surface area contributed by atoms with E-state index in [4.69, 9.17) is 9.47 Å². The first-order valence-electron chi connectivity index (χ1n) is 6.22. The Morgan fingerprint density at radius 1 is 1.29 bits per heavy atom. The lowest BCUT2D eigenvalue weighted by Crippen LogP contribution is -2.30. The number of rotatable bonds is 4. The van der Waals surface area contributed by atoms with Crippen LogP contribution in [0.2, 0.25) is 0 Å². The first-order chi connectivity index (χ1) is 8.29. The summed E-state index contributed by atoms with van der Waals surface area (Å²) in [6.07, 6.45) is 3.29. The van der Waals surface area contributed by atoms with Crippen molar-refractivity contribution >= 4 is 5.78 Å². The molecule has 2 rings (SSSR count). The maximum absolute atomic E-state index is 11.7. The van der Waals surface area contributed by atoms with Gasteiger partial charge in [-0.05, 0) is 38.3 Å². The van der Waals surface area contributed by atoms with Gasteiger partial charge in [0.2, 0.25) is 0 Å². The van der Waals surface area contributed by atoms with E-state index in [1.54, 1.807) is 0 Å². The van der Waals surface area contributed by atoms with Crippen molar-refractivity contribution in [3.63, 3.8) is 0 Å². The van der Waals surface area contributed by atoms with Crippen molar-refractivity contribution in [2.75, 3.05) is 6.61 Å². The molecular formula is C14H18O3. The van der Waals surface area contributed by atoms with Gasteiger partial charge in [-0.2, -0.15) is 0 Å². The smallest absolute Gasteiger partial charge is 0.173 e. The van der Waals surface area contributed by atoms with Crippen LogP contribution in [-0.2, 0) is 4.79 Å². The zero-order valence-electron chi connectivity index (χ0n) is 10.1. The lowest BCUT2D eigenvalue weighted by atomic mass is 9.96. The standard InChI is InChI=1S/C14H18O3/c1-2-16-11-6-5-7-12(10-11)17-14-9-4-3-8-13(14)15/h5-7,10,14H,2-4,8-9H2,1H3. The summed E-state index contributed by atoms with van der Waals surface area (Å²) in [4.78, 5) is 11.7. The van der Waals surface area contributed by atoms with Gasteiger partial charge < -0.3 is 9.47 Å². The fourth-order valence-corrected chi connectivity index (χ4v) is 2.04. The summed E-state index contributed by atoms with van der Waals surface area (Å²) in [6, 6.07) is 7.47. The first kappa shape index (κ1) is 12.0. The van der Waals surface area contributed by atoms with Crippen LogP contribution in [0.25, 0.3) is 0 Å². The number of ketones is 1. The molecule has 92 valence electrons. The summed E-state index contributed by atoms with van der Waals surface area (Å²) in [5.41, 5.74) is 0. The van der Waals surface area contributed by atoms with Gasteiger partial charge in [0.15, 0.2) is 11.9 Å². The van der Waals surface area contributed by atoms with Crippen LogP contribution in [0.4, 0.5) is 0 Å². The molecule has 0 aliphatic heterocycles. The maximum atomic E-state index is 11.7. The van der Waals surface area contributed by atoms with Gasteiger partial charge >= 0.3 is 0 Å². The largest absolute Gasteiger partial charge is 0.494 e. The normalized spacial score (nSPS) is 20.1. The van der Waals surface area contributed by atoms with Crippen LogP contribution >= 0.6 is 0 Å². The van der Waals surface area contributed by atoms with E-state index in [1.807, 2.05) is 31.2 Å². The molecule has 0 saturated heterocycles. The minimum atomic E-state index is -0.263. The van der Waals surface area contributed by atoms with Gasteiger partial charge in [0, 0.05) is 12.5 Å². The van der Waals surface area contributed by atoms with E-state index in [-0.39, 0.29) is 11.9 Å². The van der Waals surface area contributed by atoms with E-state index in [1.165, 1.54) is 0 Å². The second-order valence-corrected chi connectivity index (χ2v) is 4.23. The molecule has 0 aromatic heterocycles. The van der Waals surface area contributed by atoms with Crippen molar-refractivity contribution in [2.24, 2.45) is 0 Å². The molecule has 17 heavy (non-hydrogen) atoms. The predicted octanol–water partition coefficient (Wildman–Crippen LogP) is 2.98. The summed E-state index contributed by atoms with van der Waals surface area (Å²) in [5, 5.41) is 0. The summed E-state index contributed by atoms with van der Waals surface area (Å²) in [5.74, 6) is 1.72. The number of carbonyl (C=O) groups excluding carboxylic acids is 1. The number of hydrogen-bond donors (Lipinski definition) is 0. The van der Waals surface area contributed by atoms with Crippen LogP contribution in [0.3, 0.4) is 0 Å². The second-order valence-electron chi connectivity index (χ2n) is 4.23. The first-order valence-corrected chi connectivity index (χ1v) is 6.22. The lowest BCUT2D eigenvalue weighted by Gasteiger charge is -2.22. The Morgan fingerprint density at radius 2 is 2.12 bits per heavy atom. The Labute approximate surface area is 102 Å². The molecule has 0 bridgehead atoms. The monoisotopic (exact) mass is 234 g/mol. The van der Waals surface area contributed by atoms with Gasteiger partial charge in [-0.3, -0.25) is 4.79 Å². The molecule has 0 N–H and O–H groups in total. The number of carbonyl (C=O) groups is 1. The number of hydrogen-bond acceptors (Lipinski definition) is 3. The Morgan fingerprint density at radius 3 is 2.88 bits per heavy atom. The molecule has 0 spiro atoms. The molecule has 3 heteroatoms. The molecule has 3 nitrogen and oxygen atoms in total. The second kappa shape index (κ2) is 5.71. The molecule has 1 atom stereocenters. The van der Waals surface area contributed by atoms with Gasteiger partial charge in [-0.15, -0.1) is 0 Å². The van der Waals surface area contributed by atoms with Crippen molar-refractivity contribution in [1.82, 2.24) is 0 Å². The van der Waals surface area contributed by atoms with E-state index >= 15 is 0 Å². The highest BCUT2D eigenvalue weighted by Gasteiger charge is 2.23. The Bertz CT molecular complexity index is 387. The molecule has 1 saturated carbocycles. The number of Topliss-reactive ketones (excluding diaryl/α,β-unsaturated/α-hetero) is 1. The summed E-state index contributed by atoms with van der Waals surface area (Å²) in [7, 11) is 0. The fourth-order valence-electron chi connectivity index (χ4n) is 2.04. The third kappa shape index (κ3) is 3.22. The lowest BCUT2D eigenvalue weighted by molar-refractivity contribution is -0.127. The SMILES string of the molecule is CCOc1cccc(OC2CCCCC2=O)c1. The summed E-state index contributed by atoms with van der Waals surface area (Å²) in [6.45, 7) is 2.57. The highest BCUT2D eigenvalue weighted by Crippen LogP contribution is 2.24. The highest BCUT2D eigenvalue weighted by molar-refractivity contribution is 5.84. The van der Waals surface area contributed by atoms with Crippen molar-refractivity contribution in [3.8, 4) is 11.5 Å². The molecule has 0 heterocycles. The van der Waals surface area contributed by atoms with Crippen LogP contribution < -0.4 is 9.47 Å². The molecule has 1 aliphatic rings. The van der Waals surface area contributed by atoms with Crippen LogP contribution in [0, 0.1) is 0 Å². The van der Waals surface area contributed by atoms with Gasteiger partial charge in [0.1, 0.15) is 11.5 Å². The number of benzene rings is 1. The average molecular weight is 234 g/mol. The average Bonchev–Trinajstić information content (AvgIpc) is 2.33. The third-order valence-electron chi connectivity index (χ3n) is 2.89. The van der Waals surface area contributed by atoms with Gasteiger partial charge in [-0.1, -0.05) is 6.07 Å². The fraction of sp³-hybridized carbons (Fsp3) is 0.500. The van der Waals surface area contributed by atoms with Gasteiger partial charge in [0.25, 0.3) is 0 Å². The Kier molecular flexibility index (Phi) is 4.02. The molecule has 1 unspecified atom stereocenters. The Hall–Kier alpha value is -1.51.